The maximum atomic E-state index is 13.5. The van der Waals surface area contributed by atoms with Crippen LogP contribution in [0.15, 0.2) is 94.7 Å². The highest BCUT2D eigenvalue weighted by Gasteiger charge is 2.39. The van der Waals surface area contributed by atoms with Gasteiger partial charge in [0.05, 0.1) is 16.9 Å². The lowest BCUT2D eigenvalue weighted by Gasteiger charge is -2.20. The molecule has 0 atom stereocenters. The molecule has 0 bridgehead atoms. The molecule has 2 aliphatic rings. The van der Waals surface area contributed by atoms with Gasteiger partial charge in [-0.3, -0.25) is 4.84 Å². The van der Waals surface area contributed by atoms with Crippen LogP contribution in [0.1, 0.15) is 22.3 Å². The standard InChI is InChI=1S/C27H21NO5S2/c1-33-28(34(29,30)22-10-12-26-20(16-22)14-18-6-2-4-8-24(18)26)35(31,32)23-11-13-27-21(17-23)15-19-7-3-5-9-25(19)27/h2-13,16-17H,14-15H2,1H3. The predicted octanol–water partition coefficient (Wildman–Crippen LogP) is 4.77. The smallest absolute Gasteiger partial charge is 0.273 e. The molecule has 0 saturated carbocycles. The van der Waals surface area contributed by atoms with Gasteiger partial charge in [0, 0.05) is 3.87 Å². The number of fused-ring (bicyclic) bond motifs is 6. The van der Waals surface area contributed by atoms with Gasteiger partial charge in [0.15, 0.2) is 0 Å². The van der Waals surface area contributed by atoms with Crippen molar-refractivity contribution in [2.45, 2.75) is 22.6 Å². The van der Waals surface area contributed by atoms with Crippen LogP contribution < -0.4 is 0 Å². The van der Waals surface area contributed by atoms with Crippen molar-refractivity contribution in [3.8, 4) is 22.3 Å². The summed E-state index contributed by atoms with van der Waals surface area (Å²) in [7, 11) is -7.98. The van der Waals surface area contributed by atoms with Gasteiger partial charge in [-0.15, -0.1) is 0 Å². The SMILES string of the molecule is CON(S(=O)(=O)c1ccc2c(c1)Cc1ccccc1-2)S(=O)(=O)c1ccc2c(c1)Cc1ccccc1-2. The number of benzene rings is 4. The zero-order valence-electron chi connectivity index (χ0n) is 18.8. The van der Waals surface area contributed by atoms with Crippen LogP contribution >= 0.6 is 0 Å². The van der Waals surface area contributed by atoms with Crippen LogP contribution in [0.5, 0.6) is 0 Å². The molecule has 0 N–H and O–H groups in total. The molecule has 0 spiro atoms. The lowest BCUT2D eigenvalue weighted by molar-refractivity contribution is 0.0290. The van der Waals surface area contributed by atoms with Crippen LogP contribution in [0, 0.1) is 0 Å². The van der Waals surface area contributed by atoms with Gasteiger partial charge in [-0.25, -0.2) is 16.8 Å². The molecule has 2 aliphatic carbocycles. The molecule has 6 nitrogen and oxygen atoms in total. The second-order valence-corrected chi connectivity index (χ2v) is 12.4. The van der Waals surface area contributed by atoms with Crippen molar-refractivity contribution < 1.29 is 21.7 Å². The van der Waals surface area contributed by atoms with E-state index in [1.165, 1.54) is 24.3 Å². The summed E-state index contributed by atoms with van der Waals surface area (Å²) in [4.78, 5) is 4.74. The van der Waals surface area contributed by atoms with E-state index in [4.69, 9.17) is 4.84 Å². The molecule has 35 heavy (non-hydrogen) atoms. The van der Waals surface area contributed by atoms with Gasteiger partial charge in [-0.1, -0.05) is 60.7 Å². The van der Waals surface area contributed by atoms with E-state index >= 15 is 0 Å². The van der Waals surface area contributed by atoms with Gasteiger partial charge < -0.3 is 0 Å². The fourth-order valence-corrected chi connectivity index (χ4v) is 8.41. The van der Waals surface area contributed by atoms with Crippen molar-refractivity contribution in [3.63, 3.8) is 0 Å². The van der Waals surface area contributed by atoms with Crippen molar-refractivity contribution in [1.29, 1.82) is 0 Å². The molecule has 6 rings (SSSR count). The average molecular weight is 504 g/mol. The topological polar surface area (TPSA) is 80.8 Å². The van der Waals surface area contributed by atoms with Gasteiger partial charge in [0.1, 0.15) is 0 Å². The number of rotatable bonds is 5. The first-order valence-electron chi connectivity index (χ1n) is 11.1. The van der Waals surface area contributed by atoms with E-state index in [-0.39, 0.29) is 13.7 Å². The van der Waals surface area contributed by atoms with Crippen LogP contribution in [0.25, 0.3) is 22.3 Å². The van der Waals surface area contributed by atoms with Crippen molar-refractivity contribution in [2.24, 2.45) is 0 Å². The van der Waals surface area contributed by atoms with Crippen molar-refractivity contribution in [3.05, 3.63) is 107 Å². The molecule has 0 aromatic heterocycles. The summed E-state index contributed by atoms with van der Waals surface area (Å²) in [6, 6.07) is 25.1. The van der Waals surface area contributed by atoms with Gasteiger partial charge in [0.2, 0.25) is 0 Å². The van der Waals surface area contributed by atoms with E-state index in [9.17, 15) is 16.8 Å². The largest absolute Gasteiger partial charge is 0.279 e. The van der Waals surface area contributed by atoms with Gasteiger partial charge in [0.25, 0.3) is 20.0 Å². The highest BCUT2D eigenvalue weighted by molar-refractivity contribution is 8.03. The van der Waals surface area contributed by atoms with Crippen LogP contribution in [-0.2, 0) is 37.7 Å². The molecular formula is C27H21NO5S2. The summed E-state index contributed by atoms with van der Waals surface area (Å²) >= 11 is 0. The maximum absolute atomic E-state index is 13.5. The quantitative estimate of drug-likeness (QED) is 0.317. The highest BCUT2D eigenvalue weighted by Crippen LogP contribution is 2.40. The molecule has 8 heteroatoms. The summed E-state index contributed by atoms with van der Waals surface area (Å²) in [6.45, 7) is 0. The lowest BCUT2D eigenvalue weighted by atomic mass is 10.1. The molecule has 4 aromatic rings. The molecule has 0 aliphatic heterocycles. The van der Waals surface area contributed by atoms with Crippen LogP contribution in [-0.4, -0.2) is 27.8 Å². The third-order valence-corrected chi connectivity index (χ3v) is 10.6. The summed E-state index contributed by atoms with van der Waals surface area (Å²) in [5.41, 5.74) is 7.88. The van der Waals surface area contributed by atoms with Gasteiger partial charge >= 0.3 is 0 Å². The van der Waals surface area contributed by atoms with E-state index in [0.29, 0.717) is 12.8 Å². The van der Waals surface area contributed by atoms with E-state index < -0.39 is 20.0 Å². The molecular weight excluding hydrogens is 482 g/mol. The Bertz CT molecular complexity index is 1600. The number of hydrogen-bond acceptors (Lipinski definition) is 5. The summed E-state index contributed by atoms with van der Waals surface area (Å²) in [5, 5.41) is 0. The monoisotopic (exact) mass is 503 g/mol. The van der Waals surface area contributed by atoms with E-state index in [1.807, 2.05) is 48.5 Å². The minimum Gasteiger partial charge on any atom is -0.273 e. The third-order valence-electron chi connectivity index (χ3n) is 6.67. The van der Waals surface area contributed by atoms with Gasteiger partial charge in [-0.05, 0) is 81.6 Å². The van der Waals surface area contributed by atoms with Gasteiger partial charge in [-0.2, -0.15) is 0 Å². The number of sulfonamides is 2. The predicted molar refractivity (Wildman–Crippen MR) is 133 cm³/mol. The van der Waals surface area contributed by atoms with Crippen LogP contribution in [0.2, 0.25) is 0 Å². The van der Waals surface area contributed by atoms with E-state index in [0.717, 1.165) is 51.6 Å². The third kappa shape index (κ3) is 3.36. The fourth-order valence-electron chi connectivity index (χ4n) is 5.06. The normalized spacial score (nSPS) is 13.9. The summed E-state index contributed by atoms with van der Waals surface area (Å²) < 4.78 is 54.1. The molecule has 0 saturated heterocycles. The Kier molecular flexibility index (Phi) is 4.98. The molecule has 0 heterocycles. The number of hydrogen-bond donors (Lipinski definition) is 0. The minimum atomic E-state index is -4.51. The Labute approximate surface area is 204 Å². The van der Waals surface area contributed by atoms with Crippen molar-refractivity contribution >= 4 is 20.0 Å². The zero-order valence-corrected chi connectivity index (χ0v) is 20.4. The minimum absolute atomic E-state index is 0.119. The molecule has 176 valence electrons. The Morgan fingerprint density at radius 2 is 0.971 bits per heavy atom. The first kappa shape index (κ1) is 22.2. The van der Waals surface area contributed by atoms with Crippen molar-refractivity contribution in [1.82, 2.24) is 3.87 Å². The zero-order chi connectivity index (χ0) is 24.4. The Balaban J connectivity index is 1.37. The summed E-state index contributed by atoms with van der Waals surface area (Å²) in [5.74, 6) is 0. The first-order chi connectivity index (χ1) is 16.8. The fraction of sp³-hybridized carbons (Fsp3) is 0.111. The number of nitrogens with zero attached hydrogens (tertiary/aromatic N) is 1. The van der Waals surface area contributed by atoms with Crippen molar-refractivity contribution in [2.75, 3.05) is 7.11 Å². The first-order valence-corrected chi connectivity index (χ1v) is 14.0. The maximum Gasteiger partial charge on any atom is 0.279 e. The Morgan fingerprint density at radius 1 is 0.571 bits per heavy atom. The molecule has 0 unspecified atom stereocenters. The average Bonchev–Trinajstić information content (AvgIpc) is 3.41. The Hall–Kier alpha value is -3.30. The Morgan fingerprint density at radius 3 is 1.40 bits per heavy atom. The van der Waals surface area contributed by atoms with E-state index in [2.05, 4.69) is 0 Å². The lowest BCUT2D eigenvalue weighted by Crippen LogP contribution is -2.36. The molecule has 0 amide bonds. The summed E-state index contributed by atoms with van der Waals surface area (Å²) in [6.07, 6.45) is 1.17. The van der Waals surface area contributed by atoms with Crippen LogP contribution in [0.4, 0.5) is 0 Å². The second-order valence-electron chi connectivity index (χ2n) is 8.66. The molecule has 0 radical (unpaired) electrons. The van der Waals surface area contributed by atoms with Crippen LogP contribution in [0.3, 0.4) is 0 Å². The molecule has 4 aromatic carbocycles. The second kappa shape index (κ2) is 7.86. The highest BCUT2D eigenvalue weighted by atomic mass is 32.3. The van der Waals surface area contributed by atoms with E-state index in [1.54, 1.807) is 12.1 Å². The molecule has 0 fully saturated rings.